The van der Waals surface area contributed by atoms with Crippen LogP contribution in [0, 0.1) is 0 Å². The van der Waals surface area contributed by atoms with Crippen LogP contribution in [0.1, 0.15) is 10.4 Å². The number of nitrogens with one attached hydrogen (secondary N) is 1. The summed E-state index contributed by atoms with van der Waals surface area (Å²) in [5.41, 5.74) is 0.752. The number of carbonyl (C=O) groups is 1. The van der Waals surface area contributed by atoms with Gasteiger partial charge in [-0.15, -0.1) is 0 Å². The maximum absolute atomic E-state index is 11.0. The highest BCUT2D eigenvalue weighted by atomic mass is 35.5. The molecule has 0 radical (unpaired) electrons. The number of fused-ring (bicyclic) bond motifs is 1. The molecule has 8 nitrogen and oxygen atoms in total. The summed E-state index contributed by atoms with van der Waals surface area (Å²) in [5, 5.41) is 22.4. The fourth-order valence-corrected chi connectivity index (χ4v) is 2.63. The Balaban J connectivity index is 2.09. The van der Waals surface area contributed by atoms with Gasteiger partial charge in [-0.05, 0) is 29.8 Å². The molecular weight excluding hydrogens is 362 g/mol. The van der Waals surface area contributed by atoms with Crippen LogP contribution in [0.3, 0.4) is 0 Å². The number of ether oxygens (including phenoxy) is 2. The molecule has 0 aliphatic carbocycles. The fraction of sp³-hybridized carbons (Fsp3) is 0.118. The van der Waals surface area contributed by atoms with Gasteiger partial charge in [0, 0.05) is 23.2 Å². The highest BCUT2D eigenvalue weighted by molar-refractivity contribution is 6.28. The summed E-state index contributed by atoms with van der Waals surface area (Å²) in [6, 6.07) is 7.43. The van der Waals surface area contributed by atoms with Crippen LogP contribution in [0.25, 0.3) is 10.9 Å². The molecule has 0 amide bonds. The lowest BCUT2D eigenvalue weighted by Gasteiger charge is -2.13. The summed E-state index contributed by atoms with van der Waals surface area (Å²) in [5.74, 6) is -0.252. The largest absolute Gasteiger partial charge is 0.507 e. The minimum absolute atomic E-state index is 0.0126. The lowest BCUT2D eigenvalue weighted by Crippen LogP contribution is -2.01. The van der Waals surface area contributed by atoms with Gasteiger partial charge in [-0.25, -0.2) is 9.78 Å². The Labute approximate surface area is 153 Å². The molecule has 3 N–H and O–H groups in total. The Morgan fingerprint density at radius 2 is 1.81 bits per heavy atom. The van der Waals surface area contributed by atoms with Gasteiger partial charge in [0.25, 0.3) is 0 Å². The molecule has 134 valence electrons. The van der Waals surface area contributed by atoms with Gasteiger partial charge in [0.15, 0.2) is 11.5 Å². The van der Waals surface area contributed by atoms with Crippen LogP contribution in [-0.4, -0.2) is 40.4 Å². The predicted molar refractivity (Wildman–Crippen MR) is 96.0 cm³/mol. The van der Waals surface area contributed by atoms with Crippen LogP contribution in [0.2, 0.25) is 5.28 Å². The standard InChI is InChI=1S/C17H14ClN3O5/c1-25-13-6-10-11(7-14(13)26-2)20-17(18)21-15(10)19-8-3-4-9(16(23)24)12(22)5-8/h3-7,22H,1-2H3,(H,23,24)(H,19,20,21). The number of hydrogen-bond acceptors (Lipinski definition) is 7. The van der Waals surface area contributed by atoms with E-state index in [-0.39, 0.29) is 16.6 Å². The number of aromatic nitrogens is 2. The van der Waals surface area contributed by atoms with E-state index in [0.717, 1.165) is 0 Å². The van der Waals surface area contributed by atoms with E-state index in [9.17, 15) is 9.90 Å². The first kappa shape index (κ1) is 17.6. The second kappa shape index (κ2) is 6.93. The van der Waals surface area contributed by atoms with E-state index in [1.807, 2.05) is 0 Å². The Kier molecular flexibility index (Phi) is 4.68. The first-order chi connectivity index (χ1) is 12.4. The molecule has 0 unspecified atom stereocenters. The van der Waals surface area contributed by atoms with Crippen molar-refractivity contribution < 1.29 is 24.5 Å². The quantitative estimate of drug-likeness (QED) is 0.581. The van der Waals surface area contributed by atoms with Gasteiger partial charge in [-0.1, -0.05) is 0 Å². The van der Waals surface area contributed by atoms with Crippen LogP contribution in [0.4, 0.5) is 11.5 Å². The van der Waals surface area contributed by atoms with Gasteiger partial charge in [-0.3, -0.25) is 0 Å². The lowest BCUT2D eigenvalue weighted by atomic mass is 10.1. The maximum Gasteiger partial charge on any atom is 0.339 e. The summed E-state index contributed by atoms with van der Waals surface area (Å²) in [4.78, 5) is 19.3. The molecule has 0 aliphatic rings. The average Bonchev–Trinajstić information content (AvgIpc) is 2.60. The average molecular weight is 376 g/mol. The molecule has 0 saturated carbocycles. The lowest BCUT2D eigenvalue weighted by molar-refractivity contribution is 0.0694. The number of carboxylic acids is 1. The minimum Gasteiger partial charge on any atom is -0.507 e. The molecular formula is C17H14ClN3O5. The molecule has 9 heteroatoms. The first-order valence-corrected chi connectivity index (χ1v) is 7.73. The maximum atomic E-state index is 11.0. The van der Waals surface area contributed by atoms with Gasteiger partial charge in [0.1, 0.15) is 17.1 Å². The number of rotatable bonds is 5. The molecule has 0 spiro atoms. The molecule has 0 bridgehead atoms. The first-order valence-electron chi connectivity index (χ1n) is 7.35. The third kappa shape index (κ3) is 3.27. The number of halogens is 1. The van der Waals surface area contributed by atoms with Crippen molar-refractivity contribution in [3.05, 3.63) is 41.2 Å². The second-order valence-corrected chi connectivity index (χ2v) is 5.57. The number of anilines is 2. The second-order valence-electron chi connectivity index (χ2n) is 5.23. The minimum atomic E-state index is -1.22. The van der Waals surface area contributed by atoms with Crippen molar-refractivity contribution in [3.8, 4) is 17.2 Å². The summed E-state index contributed by atoms with van der Waals surface area (Å²) in [6.45, 7) is 0. The van der Waals surface area contributed by atoms with Crippen molar-refractivity contribution in [2.24, 2.45) is 0 Å². The zero-order valence-electron chi connectivity index (χ0n) is 13.8. The molecule has 0 fully saturated rings. The Morgan fingerprint density at radius 1 is 1.12 bits per heavy atom. The zero-order valence-corrected chi connectivity index (χ0v) is 14.5. The molecule has 0 aliphatic heterocycles. The van der Waals surface area contributed by atoms with E-state index in [4.69, 9.17) is 26.2 Å². The predicted octanol–water partition coefficient (Wildman–Crippen LogP) is 3.45. The van der Waals surface area contributed by atoms with Crippen LogP contribution >= 0.6 is 11.6 Å². The number of benzene rings is 2. The zero-order chi connectivity index (χ0) is 18.8. The van der Waals surface area contributed by atoms with Crippen molar-refractivity contribution in [1.29, 1.82) is 0 Å². The monoisotopic (exact) mass is 375 g/mol. The van der Waals surface area contributed by atoms with Gasteiger partial charge < -0.3 is 25.0 Å². The summed E-state index contributed by atoms with van der Waals surface area (Å²) in [6.07, 6.45) is 0. The SMILES string of the molecule is COc1cc2nc(Cl)nc(Nc3ccc(C(=O)O)c(O)c3)c2cc1OC. The Morgan fingerprint density at radius 3 is 2.42 bits per heavy atom. The summed E-state index contributed by atoms with van der Waals surface area (Å²) < 4.78 is 10.6. The van der Waals surface area contributed by atoms with Crippen LogP contribution < -0.4 is 14.8 Å². The molecule has 0 saturated heterocycles. The van der Waals surface area contributed by atoms with Crippen molar-refractivity contribution in [2.45, 2.75) is 0 Å². The number of aromatic hydroxyl groups is 1. The van der Waals surface area contributed by atoms with E-state index in [0.29, 0.717) is 33.9 Å². The molecule has 1 heterocycles. The van der Waals surface area contributed by atoms with Crippen LogP contribution in [0.15, 0.2) is 30.3 Å². The number of aromatic carboxylic acids is 1. The highest BCUT2D eigenvalue weighted by Gasteiger charge is 2.14. The Bertz CT molecular complexity index is 1010. The van der Waals surface area contributed by atoms with Crippen molar-refractivity contribution >= 4 is 40.0 Å². The highest BCUT2D eigenvalue weighted by Crippen LogP contribution is 2.35. The van der Waals surface area contributed by atoms with Gasteiger partial charge in [0.05, 0.1) is 19.7 Å². The number of phenols is 1. The third-order valence-electron chi connectivity index (χ3n) is 3.66. The number of methoxy groups -OCH3 is 2. The Hall–Kier alpha value is -3.26. The van der Waals surface area contributed by atoms with Gasteiger partial charge >= 0.3 is 5.97 Å². The van der Waals surface area contributed by atoms with Crippen LogP contribution in [0.5, 0.6) is 17.2 Å². The fourth-order valence-electron chi connectivity index (χ4n) is 2.45. The molecule has 1 aromatic heterocycles. The van der Waals surface area contributed by atoms with Crippen molar-refractivity contribution in [2.75, 3.05) is 19.5 Å². The third-order valence-corrected chi connectivity index (χ3v) is 3.83. The van der Waals surface area contributed by atoms with Gasteiger partial charge in [0.2, 0.25) is 5.28 Å². The van der Waals surface area contributed by atoms with E-state index >= 15 is 0 Å². The van der Waals surface area contributed by atoms with Gasteiger partial charge in [-0.2, -0.15) is 4.98 Å². The molecule has 3 aromatic rings. The molecule has 2 aromatic carbocycles. The topological polar surface area (TPSA) is 114 Å². The number of nitrogens with zero attached hydrogens (tertiary/aromatic N) is 2. The molecule has 0 atom stereocenters. The smallest absolute Gasteiger partial charge is 0.339 e. The number of hydrogen-bond donors (Lipinski definition) is 3. The summed E-state index contributed by atoms with van der Waals surface area (Å²) >= 11 is 6.00. The number of carboxylic acid groups (broad SMARTS) is 1. The van der Waals surface area contributed by atoms with E-state index < -0.39 is 5.97 Å². The van der Waals surface area contributed by atoms with E-state index in [1.54, 1.807) is 12.1 Å². The van der Waals surface area contributed by atoms with Crippen LogP contribution in [-0.2, 0) is 0 Å². The molecule has 3 rings (SSSR count). The summed E-state index contributed by atoms with van der Waals surface area (Å²) in [7, 11) is 3.02. The van der Waals surface area contributed by atoms with Crippen molar-refractivity contribution in [1.82, 2.24) is 9.97 Å². The molecule has 26 heavy (non-hydrogen) atoms. The van der Waals surface area contributed by atoms with E-state index in [2.05, 4.69) is 15.3 Å². The van der Waals surface area contributed by atoms with Crippen molar-refractivity contribution in [3.63, 3.8) is 0 Å². The normalized spacial score (nSPS) is 10.6. The van der Waals surface area contributed by atoms with E-state index in [1.165, 1.54) is 32.4 Å².